The van der Waals surface area contributed by atoms with Gasteiger partial charge in [0, 0.05) is 35.9 Å². The van der Waals surface area contributed by atoms with E-state index in [1.165, 1.54) is 22.3 Å². The van der Waals surface area contributed by atoms with Gasteiger partial charge in [0.05, 0.1) is 0 Å². The Bertz CT molecular complexity index is 1100. The third kappa shape index (κ3) is 3.77. The third-order valence-corrected chi connectivity index (χ3v) is 6.17. The highest BCUT2D eigenvalue weighted by Crippen LogP contribution is 2.51. The van der Waals surface area contributed by atoms with Crippen molar-refractivity contribution in [1.29, 1.82) is 0 Å². The summed E-state index contributed by atoms with van der Waals surface area (Å²) >= 11 is 0. The number of pyridine rings is 1. The first kappa shape index (κ1) is 21.8. The van der Waals surface area contributed by atoms with Crippen LogP contribution in [0.5, 0.6) is 0 Å². The van der Waals surface area contributed by atoms with Gasteiger partial charge in [-0.25, -0.2) is 0 Å². The molecule has 1 aromatic carbocycles. The molecule has 2 unspecified atom stereocenters. The van der Waals surface area contributed by atoms with Crippen LogP contribution < -0.4 is 5.56 Å². The van der Waals surface area contributed by atoms with E-state index in [1.54, 1.807) is 6.07 Å². The Morgan fingerprint density at radius 1 is 1.23 bits per heavy atom. The summed E-state index contributed by atoms with van der Waals surface area (Å²) in [7, 11) is 0. The zero-order chi connectivity index (χ0) is 20.4. The van der Waals surface area contributed by atoms with Crippen LogP contribution in [0.15, 0.2) is 75.6 Å². The summed E-state index contributed by atoms with van der Waals surface area (Å²) in [6.45, 7) is 6.47. The van der Waals surface area contributed by atoms with Gasteiger partial charge in [0.25, 0.3) is 0 Å². The maximum Gasteiger partial charge on any atom is 0.248 e. The second-order valence-corrected chi connectivity index (χ2v) is 8.01. The molecule has 1 heterocycles. The van der Waals surface area contributed by atoms with Crippen molar-refractivity contribution in [1.82, 2.24) is 4.98 Å². The Kier molecular flexibility index (Phi) is 6.40. The Labute approximate surface area is 180 Å². The molecular weight excluding hydrogens is 368 g/mol. The first-order valence-electron chi connectivity index (χ1n) is 10.4. The second-order valence-electron chi connectivity index (χ2n) is 8.01. The van der Waals surface area contributed by atoms with Gasteiger partial charge >= 0.3 is 0 Å². The van der Waals surface area contributed by atoms with Crippen LogP contribution >= 0.6 is 0 Å². The van der Waals surface area contributed by atoms with Crippen molar-refractivity contribution < 1.29 is 0 Å². The topological polar surface area (TPSA) is 45.2 Å². The average Bonchev–Trinajstić information content (AvgIpc) is 2.70. The molecule has 156 valence electrons. The van der Waals surface area contributed by atoms with E-state index in [0.717, 1.165) is 30.5 Å². The highest BCUT2D eigenvalue weighted by molar-refractivity contribution is 5.80. The van der Waals surface area contributed by atoms with Gasteiger partial charge in [0.1, 0.15) is 5.54 Å². The van der Waals surface area contributed by atoms with E-state index in [9.17, 15) is 4.79 Å². The van der Waals surface area contributed by atoms with Gasteiger partial charge in [-0.3, -0.25) is 9.79 Å². The molecule has 1 aromatic heterocycles. The van der Waals surface area contributed by atoms with Crippen molar-refractivity contribution in [3.8, 4) is 0 Å². The summed E-state index contributed by atoms with van der Waals surface area (Å²) in [5.41, 5.74) is 6.95. The third-order valence-electron chi connectivity index (χ3n) is 6.17. The van der Waals surface area contributed by atoms with Crippen LogP contribution in [-0.4, -0.2) is 11.2 Å². The summed E-state index contributed by atoms with van der Waals surface area (Å²) < 4.78 is 0. The highest BCUT2D eigenvalue weighted by atomic mass is 16.1. The van der Waals surface area contributed by atoms with E-state index < -0.39 is 5.54 Å². The van der Waals surface area contributed by atoms with Crippen LogP contribution in [0.1, 0.15) is 57.0 Å². The lowest BCUT2D eigenvalue weighted by Gasteiger charge is -2.45. The number of benzene rings is 1. The fraction of sp³-hybridized carbons (Fsp3) is 0.333. The minimum absolute atomic E-state index is 0. The number of aliphatic imine (C=N–C) groups is 1. The maximum atomic E-state index is 11.9. The normalized spacial score (nSPS) is 24.0. The number of fused-ring (bicyclic) bond motifs is 4. The first-order chi connectivity index (χ1) is 14.1. The van der Waals surface area contributed by atoms with E-state index in [1.807, 2.05) is 18.4 Å². The Morgan fingerprint density at radius 2 is 2.03 bits per heavy atom. The smallest absolute Gasteiger partial charge is 0.248 e. The Hall–Kier alpha value is -2.94. The summed E-state index contributed by atoms with van der Waals surface area (Å²) in [6.07, 6.45) is 13.4. The quantitative estimate of drug-likeness (QED) is 0.495. The van der Waals surface area contributed by atoms with Gasteiger partial charge in [0.2, 0.25) is 5.56 Å². The second kappa shape index (κ2) is 8.83. The van der Waals surface area contributed by atoms with E-state index in [0.29, 0.717) is 5.92 Å². The van der Waals surface area contributed by atoms with Crippen molar-refractivity contribution >= 4 is 12.3 Å². The Balaban J connectivity index is 0.00000256. The van der Waals surface area contributed by atoms with Gasteiger partial charge in [-0.15, -0.1) is 0 Å². The molecule has 0 saturated carbocycles. The van der Waals surface area contributed by atoms with Gasteiger partial charge in [-0.2, -0.15) is 0 Å². The number of rotatable bonds is 4. The molecule has 0 spiro atoms. The number of hydrogen-bond donors (Lipinski definition) is 1. The molecule has 3 heteroatoms. The zero-order valence-corrected chi connectivity index (χ0v) is 17.4. The molecule has 2 atom stereocenters. The first-order valence-corrected chi connectivity index (χ1v) is 10.4. The number of aromatic amines is 1. The monoisotopic (exact) mass is 400 g/mol. The lowest BCUT2D eigenvalue weighted by Crippen LogP contribution is -2.40. The molecule has 4 rings (SSSR count). The number of nitrogens with one attached hydrogen (secondary N) is 1. The van der Waals surface area contributed by atoms with E-state index in [4.69, 9.17) is 4.99 Å². The van der Waals surface area contributed by atoms with Crippen molar-refractivity contribution in [2.45, 2.75) is 53.0 Å². The molecule has 2 aliphatic carbocycles. The SMILES string of the molecule is C.C/C=C1\C2C=C(C)CC1(N=C/C=C/c1ccccc1CC)c1ccc(=O)[nH]c1C2. The number of nitrogens with zero attached hydrogens (tertiary/aromatic N) is 1. The molecule has 2 bridgehead atoms. The van der Waals surface area contributed by atoms with Crippen molar-refractivity contribution in [2.24, 2.45) is 10.9 Å². The predicted molar refractivity (Wildman–Crippen MR) is 128 cm³/mol. The molecule has 30 heavy (non-hydrogen) atoms. The molecule has 0 saturated heterocycles. The number of hydrogen-bond acceptors (Lipinski definition) is 2. The standard InChI is InChI=1S/C26H28N2O.CH4/c1-4-19-9-6-7-10-20(19)11-8-14-27-26-17-18(3)15-21(22(26)5-2)16-24-23(26)12-13-25(29)28-24;/h5-15,21H,4,16-17H2,1-3H3,(H,28,29);1H4/b11-8+,22-5+,27-14?;. The largest absolute Gasteiger partial charge is 0.326 e. The number of H-pyrrole nitrogens is 1. The number of aryl methyl sites for hydroxylation is 1. The number of aromatic nitrogens is 1. The molecule has 2 aliphatic rings. The van der Waals surface area contributed by atoms with Gasteiger partial charge in [-0.05, 0) is 55.5 Å². The van der Waals surface area contributed by atoms with Crippen LogP contribution in [0.3, 0.4) is 0 Å². The molecule has 0 aliphatic heterocycles. The van der Waals surface area contributed by atoms with Crippen LogP contribution in [0, 0.1) is 5.92 Å². The average molecular weight is 401 g/mol. The van der Waals surface area contributed by atoms with E-state index >= 15 is 0 Å². The lowest BCUT2D eigenvalue weighted by molar-refractivity contribution is 0.413. The molecule has 0 fully saturated rings. The lowest BCUT2D eigenvalue weighted by atomic mass is 9.63. The van der Waals surface area contributed by atoms with Crippen molar-refractivity contribution in [3.63, 3.8) is 0 Å². The van der Waals surface area contributed by atoms with E-state index in [-0.39, 0.29) is 13.0 Å². The fourth-order valence-electron chi connectivity index (χ4n) is 4.99. The zero-order valence-electron chi connectivity index (χ0n) is 17.4. The summed E-state index contributed by atoms with van der Waals surface area (Å²) in [4.78, 5) is 20.1. The van der Waals surface area contributed by atoms with E-state index in [2.05, 4.69) is 68.2 Å². The summed E-state index contributed by atoms with van der Waals surface area (Å²) in [5, 5.41) is 0. The Morgan fingerprint density at radius 3 is 2.80 bits per heavy atom. The maximum absolute atomic E-state index is 11.9. The predicted octanol–water partition coefficient (Wildman–Crippen LogP) is 6.02. The summed E-state index contributed by atoms with van der Waals surface area (Å²) in [6, 6.07) is 12.1. The molecule has 0 radical (unpaired) electrons. The summed E-state index contributed by atoms with van der Waals surface area (Å²) in [5.74, 6) is 0.293. The van der Waals surface area contributed by atoms with Gasteiger partial charge in [0.15, 0.2) is 0 Å². The van der Waals surface area contributed by atoms with Crippen molar-refractivity contribution in [2.75, 3.05) is 0 Å². The molecule has 3 nitrogen and oxygen atoms in total. The van der Waals surface area contributed by atoms with Crippen LogP contribution in [0.25, 0.3) is 6.08 Å². The fourth-order valence-corrected chi connectivity index (χ4v) is 4.99. The van der Waals surface area contributed by atoms with Crippen LogP contribution in [-0.2, 0) is 18.4 Å². The highest BCUT2D eigenvalue weighted by Gasteiger charge is 2.46. The number of allylic oxidation sites excluding steroid dienone is 3. The molecule has 0 amide bonds. The van der Waals surface area contributed by atoms with Crippen LogP contribution in [0.2, 0.25) is 0 Å². The molecule has 2 aromatic rings. The minimum atomic E-state index is -0.426. The molecule has 1 N–H and O–H groups in total. The van der Waals surface area contributed by atoms with Crippen LogP contribution in [0.4, 0.5) is 0 Å². The molecular formula is C27H32N2O. The van der Waals surface area contributed by atoms with Crippen molar-refractivity contribution in [3.05, 3.63) is 98.5 Å². The van der Waals surface area contributed by atoms with Gasteiger partial charge in [-0.1, -0.05) is 62.4 Å². The van der Waals surface area contributed by atoms with Gasteiger partial charge < -0.3 is 4.98 Å². The minimum Gasteiger partial charge on any atom is -0.326 e.